The van der Waals surface area contributed by atoms with Gasteiger partial charge in [0.1, 0.15) is 0 Å². The summed E-state index contributed by atoms with van der Waals surface area (Å²) in [5, 5.41) is 0. The van der Waals surface area contributed by atoms with Crippen molar-refractivity contribution in [3.63, 3.8) is 0 Å². The van der Waals surface area contributed by atoms with E-state index in [1.807, 2.05) is 25.1 Å². The fraction of sp³-hybridized carbons (Fsp3) is 0.290. The monoisotopic (exact) mass is 575 g/mol. The van der Waals surface area contributed by atoms with Crippen LogP contribution in [-0.4, -0.2) is 18.4 Å². The van der Waals surface area contributed by atoms with Crippen molar-refractivity contribution >= 4 is 39.1 Å². The van der Waals surface area contributed by atoms with Crippen molar-refractivity contribution in [1.82, 2.24) is 9.97 Å². The maximum atomic E-state index is 13.0. The van der Waals surface area contributed by atoms with Crippen LogP contribution in [0.4, 0.5) is 17.3 Å². The van der Waals surface area contributed by atoms with Crippen molar-refractivity contribution in [3.05, 3.63) is 95.8 Å². The quantitative estimate of drug-likeness (QED) is 0.104. The number of sulfonamides is 1. The summed E-state index contributed by atoms with van der Waals surface area (Å²) in [6.45, 7) is 6.14. The molecule has 0 amide bonds. The van der Waals surface area contributed by atoms with Crippen LogP contribution in [0.1, 0.15) is 56.0 Å². The molecule has 0 aliphatic carbocycles. The number of nitrogens with one attached hydrogen (secondary N) is 3. The molecule has 9 heteroatoms. The van der Waals surface area contributed by atoms with Crippen molar-refractivity contribution in [2.24, 2.45) is 0 Å². The maximum Gasteiger partial charge on any atom is 0.264 e. The first-order valence-corrected chi connectivity index (χ1v) is 15.9. The molecular weight excluding hydrogens is 539 g/mol. The van der Waals surface area contributed by atoms with E-state index in [-0.39, 0.29) is 10.8 Å². The summed E-state index contributed by atoms with van der Waals surface area (Å²) in [4.78, 5) is 11.2. The van der Waals surface area contributed by atoms with Gasteiger partial charge in [-0.1, -0.05) is 62.1 Å². The minimum absolute atomic E-state index is 0.108. The van der Waals surface area contributed by atoms with Gasteiger partial charge in [-0.05, 0) is 93.4 Å². The highest BCUT2D eigenvalue weighted by Gasteiger charge is 2.16. The maximum absolute atomic E-state index is 13.0. The van der Waals surface area contributed by atoms with Crippen LogP contribution in [0.3, 0.4) is 0 Å². The highest BCUT2D eigenvalue weighted by Crippen LogP contribution is 2.29. The first-order chi connectivity index (χ1) is 19.3. The molecule has 0 radical (unpaired) electrons. The summed E-state index contributed by atoms with van der Waals surface area (Å²) in [6.07, 6.45) is 6.63. The number of hydrogen-bond donors (Lipinski definition) is 3. The van der Waals surface area contributed by atoms with Gasteiger partial charge in [-0.2, -0.15) is 0 Å². The number of rotatable bonds is 14. The number of benzene rings is 3. The molecule has 4 rings (SSSR count). The largest absolute Gasteiger partial charge is 0.301 e. The average molecular weight is 576 g/mol. The Hall–Kier alpha value is -3.56. The lowest BCUT2D eigenvalue weighted by molar-refractivity contribution is 0.600. The molecule has 1 aromatic heterocycles. The Morgan fingerprint density at radius 1 is 0.750 bits per heavy atom. The SMILES string of the molecule is CCCCCCCc1cc(C)nc(NS(=O)(=O)c2ccc(NNc3ccc(Sc4cccc(C)c4)cc3)cc2)n1. The van der Waals surface area contributed by atoms with Crippen LogP contribution < -0.4 is 15.6 Å². The molecule has 4 aromatic rings. The molecule has 0 unspecified atom stereocenters. The number of hydrazine groups is 1. The smallest absolute Gasteiger partial charge is 0.264 e. The van der Waals surface area contributed by atoms with Gasteiger partial charge >= 0.3 is 0 Å². The van der Waals surface area contributed by atoms with Crippen LogP contribution in [-0.2, 0) is 16.4 Å². The lowest BCUT2D eigenvalue weighted by Gasteiger charge is -2.12. The van der Waals surface area contributed by atoms with Gasteiger partial charge in [0, 0.05) is 21.2 Å². The van der Waals surface area contributed by atoms with Crippen molar-refractivity contribution in [3.8, 4) is 0 Å². The van der Waals surface area contributed by atoms with Crippen LogP contribution >= 0.6 is 11.8 Å². The Morgan fingerprint density at radius 2 is 1.43 bits per heavy atom. The molecule has 40 heavy (non-hydrogen) atoms. The van der Waals surface area contributed by atoms with E-state index in [9.17, 15) is 8.42 Å². The molecule has 0 fully saturated rings. The van der Waals surface area contributed by atoms with E-state index in [1.165, 1.54) is 29.7 Å². The summed E-state index contributed by atoms with van der Waals surface area (Å²) < 4.78 is 28.5. The van der Waals surface area contributed by atoms with Crippen molar-refractivity contribution in [1.29, 1.82) is 0 Å². The van der Waals surface area contributed by atoms with Crippen LogP contribution in [0.5, 0.6) is 0 Å². The number of aromatic nitrogens is 2. The standard InChI is InChI=1S/C31H37N5O2S2/c1-4-5-6-7-8-11-27-22-24(3)32-31(33-27)36-40(37,38)30-19-15-26(16-20-30)35-34-25-13-17-28(18-14-25)39-29-12-9-10-23(2)21-29/h9-10,12-22,34-35H,4-8,11H2,1-3H3,(H,32,33,36). The second-order valence-corrected chi connectivity index (χ2v) is 12.6. The first-order valence-electron chi connectivity index (χ1n) is 13.6. The first kappa shape index (κ1) is 29.4. The normalized spacial score (nSPS) is 11.3. The van der Waals surface area contributed by atoms with E-state index in [1.54, 1.807) is 36.0 Å². The summed E-state index contributed by atoms with van der Waals surface area (Å²) in [6, 6.07) is 25.0. The third-order valence-corrected chi connectivity index (χ3v) is 8.61. The summed E-state index contributed by atoms with van der Waals surface area (Å²) in [5.41, 5.74) is 10.7. The highest BCUT2D eigenvalue weighted by molar-refractivity contribution is 7.99. The molecule has 0 aliphatic rings. The molecule has 1 heterocycles. The van der Waals surface area contributed by atoms with Crippen molar-refractivity contribution < 1.29 is 8.42 Å². The molecule has 210 valence electrons. The Balaban J connectivity index is 1.31. The van der Waals surface area contributed by atoms with Crippen LogP contribution in [0, 0.1) is 13.8 Å². The third kappa shape index (κ3) is 8.99. The Kier molecular flexibility index (Phi) is 10.4. The van der Waals surface area contributed by atoms with E-state index in [4.69, 9.17) is 0 Å². The van der Waals surface area contributed by atoms with Gasteiger partial charge in [-0.25, -0.2) is 23.1 Å². The Morgan fingerprint density at radius 3 is 2.10 bits per heavy atom. The van der Waals surface area contributed by atoms with Gasteiger partial charge in [0.05, 0.1) is 16.3 Å². The molecule has 0 spiro atoms. The van der Waals surface area contributed by atoms with Crippen LogP contribution in [0.25, 0.3) is 0 Å². The molecule has 3 aromatic carbocycles. The van der Waals surface area contributed by atoms with Gasteiger partial charge in [0.15, 0.2) is 0 Å². The predicted octanol–water partition coefficient (Wildman–Crippen LogP) is 8.00. The predicted molar refractivity (Wildman–Crippen MR) is 165 cm³/mol. The fourth-order valence-electron chi connectivity index (χ4n) is 4.18. The Labute approximate surface area is 242 Å². The average Bonchev–Trinajstić information content (AvgIpc) is 2.92. The molecular formula is C31H37N5O2S2. The molecule has 0 bridgehead atoms. The van der Waals surface area contributed by atoms with Crippen LogP contribution in [0.15, 0.2) is 93.5 Å². The van der Waals surface area contributed by atoms with Gasteiger partial charge < -0.3 is 10.9 Å². The summed E-state index contributed by atoms with van der Waals surface area (Å²) in [5.74, 6) is 0.108. The van der Waals surface area contributed by atoms with E-state index in [0.29, 0.717) is 0 Å². The van der Waals surface area contributed by atoms with Gasteiger partial charge in [-0.3, -0.25) is 0 Å². The molecule has 0 atom stereocenters. The fourth-order valence-corrected chi connectivity index (χ4v) is 6.06. The minimum atomic E-state index is -3.82. The second-order valence-electron chi connectivity index (χ2n) is 9.81. The molecule has 7 nitrogen and oxygen atoms in total. The lowest BCUT2D eigenvalue weighted by Crippen LogP contribution is -2.16. The number of anilines is 3. The minimum Gasteiger partial charge on any atom is -0.301 e. The topological polar surface area (TPSA) is 96.0 Å². The number of nitrogens with zero attached hydrogens (tertiary/aromatic N) is 2. The van der Waals surface area contributed by atoms with E-state index in [2.05, 4.69) is 75.8 Å². The molecule has 0 saturated heterocycles. The van der Waals surface area contributed by atoms with Gasteiger partial charge in [-0.15, -0.1) is 0 Å². The highest BCUT2D eigenvalue weighted by atomic mass is 32.2. The van der Waals surface area contributed by atoms with Crippen molar-refractivity contribution in [2.75, 3.05) is 15.6 Å². The third-order valence-electron chi connectivity index (χ3n) is 6.26. The van der Waals surface area contributed by atoms with Gasteiger partial charge in [0.25, 0.3) is 10.0 Å². The lowest BCUT2D eigenvalue weighted by atomic mass is 10.1. The second kappa shape index (κ2) is 14.2. The zero-order chi connectivity index (χ0) is 28.4. The van der Waals surface area contributed by atoms with E-state index in [0.717, 1.165) is 46.9 Å². The number of hydrogen-bond acceptors (Lipinski definition) is 7. The van der Waals surface area contributed by atoms with E-state index < -0.39 is 10.0 Å². The zero-order valence-electron chi connectivity index (χ0n) is 23.3. The van der Waals surface area contributed by atoms with Crippen LogP contribution in [0.2, 0.25) is 0 Å². The Bertz CT molecular complexity index is 1490. The number of aryl methyl sites for hydroxylation is 3. The van der Waals surface area contributed by atoms with Crippen molar-refractivity contribution in [2.45, 2.75) is 74.0 Å². The zero-order valence-corrected chi connectivity index (χ0v) is 24.9. The summed E-state index contributed by atoms with van der Waals surface area (Å²) in [7, 11) is -3.82. The molecule has 0 saturated carbocycles. The molecule has 3 N–H and O–H groups in total. The molecule has 0 aliphatic heterocycles. The number of unbranched alkanes of at least 4 members (excludes halogenated alkanes) is 4. The van der Waals surface area contributed by atoms with Gasteiger partial charge in [0.2, 0.25) is 5.95 Å². The van der Waals surface area contributed by atoms with E-state index >= 15 is 0 Å². The summed E-state index contributed by atoms with van der Waals surface area (Å²) >= 11 is 1.72.